The first-order valence-electron chi connectivity index (χ1n) is 8.46. The standard InChI is InChI=1S/C24H16S/c1-2-9-17(10-3-1)23-20-13-6-4-11-18(20)19-12-5-7-14-21(19)24(23)22-15-8-16-25-22/h1-16H. The highest BCUT2D eigenvalue weighted by Gasteiger charge is 2.17. The average Bonchev–Trinajstić information content (AvgIpc) is 3.22. The fourth-order valence-corrected chi connectivity index (χ4v) is 4.51. The summed E-state index contributed by atoms with van der Waals surface area (Å²) in [6.45, 7) is 0. The molecule has 0 amide bonds. The summed E-state index contributed by atoms with van der Waals surface area (Å²) in [5.74, 6) is 0. The van der Waals surface area contributed by atoms with Gasteiger partial charge in [-0.2, -0.15) is 0 Å². The number of benzene rings is 4. The maximum Gasteiger partial charge on any atom is 0.0355 e. The topological polar surface area (TPSA) is 0 Å². The molecule has 0 spiro atoms. The normalized spacial score (nSPS) is 11.2. The van der Waals surface area contributed by atoms with Gasteiger partial charge in [0.15, 0.2) is 0 Å². The minimum absolute atomic E-state index is 1.27. The van der Waals surface area contributed by atoms with Gasteiger partial charge < -0.3 is 0 Å². The molecular formula is C24H16S. The molecule has 0 nitrogen and oxygen atoms in total. The minimum atomic E-state index is 1.27. The van der Waals surface area contributed by atoms with E-state index in [1.54, 1.807) is 0 Å². The van der Waals surface area contributed by atoms with Crippen molar-refractivity contribution in [2.45, 2.75) is 0 Å². The SMILES string of the molecule is c1ccc(-c2c(-c3cccs3)c3ccccc3c3ccccc23)cc1. The Bertz CT molecular complexity index is 1170. The summed E-state index contributed by atoms with van der Waals surface area (Å²) in [5.41, 5.74) is 3.95. The van der Waals surface area contributed by atoms with Crippen molar-refractivity contribution in [3.8, 4) is 21.6 Å². The second kappa shape index (κ2) is 5.87. The molecule has 4 aromatic carbocycles. The lowest BCUT2D eigenvalue weighted by molar-refractivity contribution is 1.66. The van der Waals surface area contributed by atoms with E-state index < -0.39 is 0 Å². The van der Waals surface area contributed by atoms with Crippen molar-refractivity contribution in [1.82, 2.24) is 0 Å². The number of hydrogen-bond donors (Lipinski definition) is 0. The van der Waals surface area contributed by atoms with Crippen LogP contribution in [-0.4, -0.2) is 0 Å². The lowest BCUT2D eigenvalue weighted by Gasteiger charge is -2.17. The van der Waals surface area contributed by atoms with Crippen molar-refractivity contribution in [2.75, 3.05) is 0 Å². The second-order valence-electron chi connectivity index (χ2n) is 6.18. The van der Waals surface area contributed by atoms with E-state index in [-0.39, 0.29) is 0 Å². The zero-order valence-corrected chi connectivity index (χ0v) is 14.5. The lowest BCUT2D eigenvalue weighted by atomic mass is 9.87. The lowest BCUT2D eigenvalue weighted by Crippen LogP contribution is -1.89. The van der Waals surface area contributed by atoms with Gasteiger partial charge in [-0.05, 0) is 44.1 Å². The molecule has 0 saturated carbocycles. The summed E-state index contributed by atoms with van der Waals surface area (Å²) in [5, 5.41) is 7.44. The van der Waals surface area contributed by atoms with E-state index in [1.807, 2.05) is 11.3 Å². The summed E-state index contributed by atoms with van der Waals surface area (Å²) in [4.78, 5) is 1.32. The van der Waals surface area contributed by atoms with Crippen molar-refractivity contribution in [2.24, 2.45) is 0 Å². The molecule has 0 saturated heterocycles. The molecule has 0 aliphatic heterocycles. The first-order valence-corrected chi connectivity index (χ1v) is 9.34. The first-order chi connectivity index (χ1) is 12.4. The van der Waals surface area contributed by atoms with Crippen LogP contribution in [0.2, 0.25) is 0 Å². The fraction of sp³-hybridized carbons (Fsp3) is 0. The highest BCUT2D eigenvalue weighted by atomic mass is 32.1. The van der Waals surface area contributed by atoms with Gasteiger partial charge >= 0.3 is 0 Å². The molecule has 0 aliphatic rings. The first kappa shape index (κ1) is 14.4. The molecule has 0 radical (unpaired) electrons. The maximum absolute atomic E-state index is 2.25. The van der Waals surface area contributed by atoms with Crippen LogP contribution in [0.25, 0.3) is 43.1 Å². The molecule has 0 bridgehead atoms. The maximum atomic E-state index is 2.25. The van der Waals surface area contributed by atoms with E-state index in [1.165, 1.54) is 43.1 Å². The average molecular weight is 336 g/mol. The molecule has 25 heavy (non-hydrogen) atoms. The van der Waals surface area contributed by atoms with Crippen molar-refractivity contribution < 1.29 is 0 Å². The Kier molecular flexibility index (Phi) is 3.39. The van der Waals surface area contributed by atoms with Crippen molar-refractivity contribution in [3.63, 3.8) is 0 Å². The van der Waals surface area contributed by atoms with Crippen LogP contribution in [0.3, 0.4) is 0 Å². The van der Waals surface area contributed by atoms with E-state index in [0.717, 1.165) is 0 Å². The van der Waals surface area contributed by atoms with Crippen LogP contribution in [0.1, 0.15) is 0 Å². The highest BCUT2D eigenvalue weighted by molar-refractivity contribution is 7.13. The van der Waals surface area contributed by atoms with Gasteiger partial charge in [0.2, 0.25) is 0 Å². The zero-order chi connectivity index (χ0) is 16.6. The van der Waals surface area contributed by atoms with Crippen LogP contribution < -0.4 is 0 Å². The predicted molar refractivity (Wildman–Crippen MR) is 110 cm³/mol. The smallest absolute Gasteiger partial charge is 0.0355 e. The Labute approximate surface area is 151 Å². The third kappa shape index (κ3) is 2.28. The van der Waals surface area contributed by atoms with Gasteiger partial charge in [-0.3, -0.25) is 0 Å². The molecule has 1 heteroatoms. The molecule has 0 aliphatic carbocycles. The predicted octanol–water partition coefficient (Wildman–Crippen LogP) is 7.39. The van der Waals surface area contributed by atoms with Crippen LogP contribution in [-0.2, 0) is 0 Å². The van der Waals surface area contributed by atoms with Crippen molar-refractivity contribution >= 4 is 32.9 Å². The number of fused-ring (bicyclic) bond motifs is 3. The summed E-state index contributed by atoms with van der Waals surface area (Å²) in [6, 6.07) is 32.7. The quantitative estimate of drug-likeness (QED) is 0.295. The fourth-order valence-electron chi connectivity index (χ4n) is 3.72. The van der Waals surface area contributed by atoms with Crippen molar-refractivity contribution in [1.29, 1.82) is 0 Å². The molecule has 5 aromatic rings. The van der Waals surface area contributed by atoms with Crippen molar-refractivity contribution in [3.05, 3.63) is 96.4 Å². The van der Waals surface area contributed by atoms with Gasteiger partial charge in [-0.25, -0.2) is 0 Å². The van der Waals surface area contributed by atoms with Gasteiger partial charge in [-0.1, -0.05) is 84.9 Å². The summed E-state index contributed by atoms with van der Waals surface area (Å²) >= 11 is 1.81. The number of thiophene rings is 1. The second-order valence-corrected chi connectivity index (χ2v) is 7.13. The number of rotatable bonds is 2. The van der Waals surface area contributed by atoms with E-state index in [0.29, 0.717) is 0 Å². The summed E-state index contributed by atoms with van der Waals surface area (Å²) < 4.78 is 0. The molecule has 5 rings (SSSR count). The van der Waals surface area contributed by atoms with Gasteiger partial charge in [0, 0.05) is 10.4 Å². The van der Waals surface area contributed by atoms with E-state index >= 15 is 0 Å². The Hall–Kier alpha value is -2.90. The van der Waals surface area contributed by atoms with Gasteiger partial charge in [0.25, 0.3) is 0 Å². The monoisotopic (exact) mass is 336 g/mol. The van der Waals surface area contributed by atoms with Gasteiger partial charge in [0.1, 0.15) is 0 Å². The molecule has 118 valence electrons. The van der Waals surface area contributed by atoms with Crippen LogP contribution in [0.4, 0.5) is 0 Å². The Morgan fingerprint density at radius 3 is 1.60 bits per heavy atom. The molecule has 0 unspecified atom stereocenters. The molecule has 0 atom stereocenters. The molecule has 1 aromatic heterocycles. The third-order valence-electron chi connectivity index (χ3n) is 4.76. The van der Waals surface area contributed by atoms with E-state index in [4.69, 9.17) is 0 Å². The van der Waals surface area contributed by atoms with Crippen LogP contribution in [0.15, 0.2) is 96.4 Å². The Morgan fingerprint density at radius 1 is 0.440 bits per heavy atom. The Morgan fingerprint density at radius 2 is 1.00 bits per heavy atom. The zero-order valence-electron chi connectivity index (χ0n) is 13.6. The summed E-state index contributed by atoms with van der Waals surface area (Å²) in [7, 11) is 0. The molecular weight excluding hydrogens is 320 g/mol. The molecule has 0 N–H and O–H groups in total. The minimum Gasteiger partial charge on any atom is -0.144 e. The number of hydrogen-bond acceptors (Lipinski definition) is 1. The van der Waals surface area contributed by atoms with Crippen LogP contribution in [0, 0.1) is 0 Å². The van der Waals surface area contributed by atoms with E-state index in [9.17, 15) is 0 Å². The van der Waals surface area contributed by atoms with Gasteiger partial charge in [-0.15, -0.1) is 11.3 Å². The summed E-state index contributed by atoms with van der Waals surface area (Å²) in [6.07, 6.45) is 0. The third-order valence-corrected chi connectivity index (χ3v) is 5.65. The largest absolute Gasteiger partial charge is 0.144 e. The van der Waals surface area contributed by atoms with Gasteiger partial charge in [0.05, 0.1) is 0 Å². The highest BCUT2D eigenvalue weighted by Crippen LogP contribution is 2.45. The molecule has 0 fully saturated rings. The van der Waals surface area contributed by atoms with Crippen LogP contribution >= 0.6 is 11.3 Å². The Balaban J connectivity index is 2.07. The molecule has 1 heterocycles. The van der Waals surface area contributed by atoms with E-state index in [2.05, 4.69) is 96.4 Å². The van der Waals surface area contributed by atoms with Crippen LogP contribution in [0.5, 0.6) is 0 Å².